The van der Waals surface area contributed by atoms with Crippen molar-refractivity contribution in [1.82, 2.24) is 20.2 Å². The minimum atomic E-state index is 0.312. The van der Waals surface area contributed by atoms with Crippen LogP contribution in [0.25, 0.3) is 0 Å². The van der Waals surface area contributed by atoms with Gasteiger partial charge >= 0.3 is 0 Å². The first-order valence-corrected chi connectivity index (χ1v) is 5.91. The Morgan fingerprint density at radius 3 is 2.44 bits per heavy atom. The smallest absolute Gasteiger partial charge is 0.245 e. The summed E-state index contributed by atoms with van der Waals surface area (Å²) >= 11 is 0. The zero-order valence-electron chi connectivity index (χ0n) is 10.9. The number of nitrogens with two attached hydrogens (primary N) is 1. The van der Waals surface area contributed by atoms with E-state index in [-0.39, 0.29) is 0 Å². The van der Waals surface area contributed by atoms with Gasteiger partial charge in [0, 0.05) is 25.3 Å². The van der Waals surface area contributed by atoms with E-state index >= 15 is 0 Å². The average molecular weight is 246 g/mol. The molecule has 0 radical (unpaired) electrons. The molecule has 2 aromatic rings. The summed E-state index contributed by atoms with van der Waals surface area (Å²) in [4.78, 5) is 2.14. The van der Waals surface area contributed by atoms with E-state index in [0.29, 0.717) is 6.04 Å². The van der Waals surface area contributed by atoms with E-state index in [0.717, 1.165) is 18.2 Å². The third-order valence-corrected chi connectivity index (χ3v) is 2.81. The highest BCUT2D eigenvalue weighted by atomic mass is 15.6. The van der Waals surface area contributed by atoms with E-state index in [1.165, 1.54) is 5.56 Å². The number of tetrazole rings is 1. The van der Waals surface area contributed by atoms with Gasteiger partial charge in [-0.1, -0.05) is 17.2 Å². The average Bonchev–Trinajstić information content (AvgIpc) is 2.74. The molecule has 0 atom stereocenters. The molecule has 0 saturated carbocycles. The Morgan fingerprint density at radius 1 is 1.28 bits per heavy atom. The van der Waals surface area contributed by atoms with Gasteiger partial charge in [-0.15, -0.1) is 0 Å². The quantitative estimate of drug-likeness (QED) is 0.821. The van der Waals surface area contributed by atoms with Crippen LogP contribution in [0, 0.1) is 0 Å². The van der Waals surface area contributed by atoms with Crippen LogP contribution in [0.3, 0.4) is 0 Å². The van der Waals surface area contributed by atoms with Crippen LogP contribution >= 0.6 is 0 Å². The van der Waals surface area contributed by atoms with Crippen molar-refractivity contribution >= 4 is 11.6 Å². The number of anilines is 2. The first kappa shape index (κ1) is 12.3. The van der Waals surface area contributed by atoms with Crippen LogP contribution in [-0.2, 0) is 13.6 Å². The highest BCUT2D eigenvalue weighted by Crippen LogP contribution is 2.16. The Labute approximate surface area is 106 Å². The zero-order valence-corrected chi connectivity index (χ0v) is 10.9. The molecule has 0 amide bonds. The lowest BCUT2D eigenvalue weighted by Crippen LogP contribution is -2.32. The summed E-state index contributed by atoms with van der Waals surface area (Å²) in [5, 5.41) is 11.6. The summed E-state index contributed by atoms with van der Waals surface area (Å²) in [6, 6.07) is 8.17. The second kappa shape index (κ2) is 5.03. The molecule has 6 nitrogen and oxygen atoms in total. The fourth-order valence-electron chi connectivity index (χ4n) is 1.77. The molecule has 18 heavy (non-hydrogen) atoms. The van der Waals surface area contributed by atoms with Crippen LogP contribution in [0.4, 0.5) is 11.6 Å². The van der Waals surface area contributed by atoms with Crippen molar-refractivity contribution in [1.29, 1.82) is 0 Å². The molecule has 1 aromatic carbocycles. The third-order valence-electron chi connectivity index (χ3n) is 2.81. The van der Waals surface area contributed by atoms with E-state index in [1.807, 2.05) is 31.3 Å². The summed E-state index contributed by atoms with van der Waals surface area (Å²) < 4.78 is 1.68. The van der Waals surface area contributed by atoms with Gasteiger partial charge in [-0.2, -0.15) is 0 Å². The highest BCUT2D eigenvalue weighted by molar-refractivity contribution is 5.41. The number of rotatable bonds is 4. The van der Waals surface area contributed by atoms with Crippen molar-refractivity contribution in [3.05, 3.63) is 29.8 Å². The highest BCUT2D eigenvalue weighted by Gasteiger charge is 2.16. The first-order chi connectivity index (χ1) is 8.58. The Hall–Kier alpha value is -2.11. The molecular formula is C12H18N6. The summed E-state index contributed by atoms with van der Waals surface area (Å²) in [5.74, 6) is 0.766. The summed E-state index contributed by atoms with van der Waals surface area (Å²) in [7, 11) is 1.84. The predicted octanol–water partition coefficient (Wildman–Crippen LogP) is 1.21. The lowest BCUT2D eigenvalue weighted by atomic mass is 10.2. The van der Waals surface area contributed by atoms with Crippen molar-refractivity contribution in [2.24, 2.45) is 7.05 Å². The summed E-state index contributed by atoms with van der Waals surface area (Å²) in [5.41, 5.74) is 7.64. The molecule has 0 aliphatic carbocycles. The molecule has 0 saturated heterocycles. The molecule has 6 heteroatoms. The standard InChI is InChI=1S/C12H18N6/c1-9(2)18(12-14-15-16-17(12)3)8-10-4-6-11(13)7-5-10/h4-7,9H,8,13H2,1-3H3. The van der Waals surface area contributed by atoms with Crippen LogP contribution in [0.15, 0.2) is 24.3 Å². The maximum atomic E-state index is 5.69. The number of aromatic nitrogens is 4. The van der Waals surface area contributed by atoms with Gasteiger partial charge in [0.05, 0.1) is 0 Å². The molecular weight excluding hydrogens is 228 g/mol. The maximum Gasteiger partial charge on any atom is 0.245 e. The van der Waals surface area contributed by atoms with Gasteiger partial charge in [-0.05, 0) is 42.0 Å². The van der Waals surface area contributed by atoms with Crippen molar-refractivity contribution in [3.63, 3.8) is 0 Å². The predicted molar refractivity (Wildman–Crippen MR) is 71.0 cm³/mol. The molecule has 0 aliphatic heterocycles. The second-order valence-corrected chi connectivity index (χ2v) is 4.57. The molecule has 0 aliphatic rings. The van der Waals surface area contributed by atoms with E-state index in [1.54, 1.807) is 4.68 Å². The molecule has 96 valence electrons. The summed E-state index contributed by atoms with van der Waals surface area (Å²) in [6.07, 6.45) is 0. The Bertz CT molecular complexity index is 502. The first-order valence-electron chi connectivity index (χ1n) is 5.91. The Balaban J connectivity index is 2.22. The fraction of sp³-hybridized carbons (Fsp3) is 0.417. The van der Waals surface area contributed by atoms with Gasteiger partial charge in [0.1, 0.15) is 0 Å². The summed E-state index contributed by atoms with van der Waals surface area (Å²) in [6.45, 7) is 4.99. The van der Waals surface area contributed by atoms with Crippen LogP contribution in [-0.4, -0.2) is 26.2 Å². The van der Waals surface area contributed by atoms with Gasteiger partial charge < -0.3 is 10.6 Å². The Kier molecular flexibility index (Phi) is 3.45. The van der Waals surface area contributed by atoms with Crippen LogP contribution in [0.2, 0.25) is 0 Å². The monoisotopic (exact) mass is 246 g/mol. The molecule has 0 bridgehead atoms. The topological polar surface area (TPSA) is 72.9 Å². The fourth-order valence-corrected chi connectivity index (χ4v) is 1.77. The molecule has 0 fully saturated rings. The molecule has 2 N–H and O–H groups in total. The van der Waals surface area contributed by atoms with Gasteiger partial charge in [-0.25, -0.2) is 4.68 Å². The number of hydrogen-bond acceptors (Lipinski definition) is 5. The van der Waals surface area contributed by atoms with Crippen molar-refractivity contribution in [3.8, 4) is 0 Å². The number of nitrogens with zero attached hydrogens (tertiary/aromatic N) is 5. The van der Waals surface area contributed by atoms with Crippen molar-refractivity contribution in [2.75, 3.05) is 10.6 Å². The largest absolute Gasteiger partial charge is 0.399 e. The molecule has 2 rings (SSSR count). The second-order valence-electron chi connectivity index (χ2n) is 4.57. The van der Waals surface area contributed by atoms with E-state index in [4.69, 9.17) is 5.73 Å². The number of nitrogen functional groups attached to an aromatic ring is 1. The third kappa shape index (κ3) is 2.58. The Morgan fingerprint density at radius 2 is 1.94 bits per heavy atom. The van der Waals surface area contributed by atoms with E-state index in [2.05, 4.69) is 34.3 Å². The number of aryl methyl sites for hydroxylation is 1. The lowest BCUT2D eigenvalue weighted by Gasteiger charge is -2.26. The lowest BCUT2D eigenvalue weighted by molar-refractivity contribution is 0.625. The number of hydrogen-bond donors (Lipinski definition) is 1. The SMILES string of the molecule is CC(C)N(Cc1ccc(N)cc1)c1nnnn1C. The normalized spacial score (nSPS) is 10.9. The van der Waals surface area contributed by atoms with Crippen molar-refractivity contribution < 1.29 is 0 Å². The van der Waals surface area contributed by atoms with Crippen LogP contribution in [0.5, 0.6) is 0 Å². The van der Waals surface area contributed by atoms with Gasteiger partial charge in [0.2, 0.25) is 5.95 Å². The molecule has 0 spiro atoms. The maximum absolute atomic E-state index is 5.69. The number of benzene rings is 1. The van der Waals surface area contributed by atoms with Crippen LogP contribution < -0.4 is 10.6 Å². The van der Waals surface area contributed by atoms with E-state index < -0.39 is 0 Å². The van der Waals surface area contributed by atoms with Gasteiger partial charge in [-0.3, -0.25) is 0 Å². The van der Waals surface area contributed by atoms with E-state index in [9.17, 15) is 0 Å². The minimum Gasteiger partial charge on any atom is -0.399 e. The molecule has 1 heterocycles. The zero-order chi connectivity index (χ0) is 13.1. The molecule has 1 aromatic heterocycles. The van der Waals surface area contributed by atoms with Crippen molar-refractivity contribution in [2.45, 2.75) is 26.4 Å². The van der Waals surface area contributed by atoms with Gasteiger partial charge in [0.15, 0.2) is 0 Å². The van der Waals surface area contributed by atoms with Gasteiger partial charge in [0.25, 0.3) is 0 Å². The minimum absolute atomic E-state index is 0.312. The van der Waals surface area contributed by atoms with Crippen LogP contribution in [0.1, 0.15) is 19.4 Å². The molecule has 0 unspecified atom stereocenters.